The summed E-state index contributed by atoms with van der Waals surface area (Å²) >= 11 is 6.58. The lowest BCUT2D eigenvalue weighted by atomic mass is 10.0. The number of rotatable bonds is 6. The average molecular weight is 390 g/mol. The van der Waals surface area contributed by atoms with Crippen LogP contribution in [0.3, 0.4) is 0 Å². The molecule has 0 spiro atoms. The Morgan fingerprint density at radius 2 is 1.75 bits per heavy atom. The van der Waals surface area contributed by atoms with Gasteiger partial charge in [0.25, 0.3) is 0 Å². The van der Waals surface area contributed by atoms with Crippen LogP contribution in [0.1, 0.15) is 24.2 Å². The first kappa shape index (κ1) is 17.3. The maximum atomic E-state index is 6.58. The molecule has 1 aliphatic carbocycles. The summed E-state index contributed by atoms with van der Waals surface area (Å²) in [5.74, 6) is 2.35. The summed E-state index contributed by atoms with van der Waals surface area (Å²) < 4.78 is 8.06. The topological polar surface area (TPSA) is 39.4 Å². The Morgan fingerprint density at radius 3 is 2.57 bits per heavy atom. The van der Waals surface area contributed by atoms with Crippen LogP contribution in [0.2, 0.25) is 5.02 Å². The summed E-state index contributed by atoms with van der Waals surface area (Å²) in [6, 6.07) is 20.5. The highest BCUT2D eigenvalue weighted by molar-refractivity contribution is 6.34. The van der Waals surface area contributed by atoms with Gasteiger partial charge in [-0.2, -0.15) is 0 Å². The van der Waals surface area contributed by atoms with Crippen LogP contribution in [0.25, 0.3) is 16.8 Å². The number of benzene rings is 2. The number of ether oxygens (including phenoxy) is 1. The zero-order valence-electron chi connectivity index (χ0n) is 15.4. The van der Waals surface area contributed by atoms with Crippen molar-refractivity contribution in [2.75, 3.05) is 0 Å². The highest BCUT2D eigenvalue weighted by atomic mass is 35.5. The molecule has 0 amide bonds. The summed E-state index contributed by atoms with van der Waals surface area (Å²) in [7, 11) is 0. The van der Waals surface area contributed by atoms with Gasteiger partial charge in [-0.3, -0.25) is 4.40 Å². The second-order valence-electron chi connectivity index (χ2n) is 7.26. The molecule has 5 rings (SSSR count). The highest BCUT2D eigenvalue weighted by Crippen LogP contribution is 2.34. The van der Waals surface area contributed by atoms with Gasteiger partial charge in [-0.15, -0.1) is 10.2 Å². The molecule has 140 valence electrons. The number of fused-ring (bicyclic) bond motifs is 1. The van der Waals surface area contributed by atoms with Crippen molar-refractivity contribution in [3.63, 3.8) is 0 Å². The van der Waals surface area contributed by atoms with Crippen LogP contribution in [0, 0.1) is 5.92 Å². The van der Waals surface area contributed by atoms with Gasteiger partial charge in [0.15, 0.2) is 5.65 Å². The van der Waals surface area contributed by atoms with Crippen molar-refractivity contribution in [3.8, 4) is 16.9 Å². The van der Waals surface area contributed by atoms with Crippen molar-refractivity contribution in [1.29, 1.82) is 0 Å². The van der Waals surface area contributed by atoms with Crippen LogP contribution in [0.5, 0.6) is 5.75 Å². The van der Waals surface area contributed by atoms with E-state index >= 15 is 0 Å². The monoisotopic (exact) mass is 389 g/mol. The molecule has 0 aliphatic heterocycles. The van der Waals surface area contributed by atoms with Crippen LogP contribution in [-0.4, -0.2) is 14.6 Å². The minimum atomic E-state index is 0.435. The number of hydrogen-bond acceptors (Lipinski definition) is 3. The predicted octanol–water partition coefficient (Wildman–Crippen LogP) is 5.58. The van der Waals surface area contributed by atoms with E-state index in [1.807, 2.05) is 47.0 Å². The second kappa shape index (κ2) is 7.28. The molecule has 0 radical (unpaired) electrons. The fourth-order valence-electron chi connectivity index (χ4n) is 3.49. The SMILES string of the molecule is Clc1c(OCc2ccccc2-c2ccccc2)ccn2c(CC3CC3)nnc12. The lowest BCUT2D eigenvalue weighted by Crippen LogP contribution is -2.01. The molecule has 0 N–H and O–H groups in total. The lowest BCUT2D eigenvalue weighted by Gasteiger charge is -2.12. The van der Waals surface area contributed by atoms with Crippen molar-refractivity contribution < 1.29 is 4.74 Å². The molecular weight excluding hydrogens is 370 g/mol. The van der Waals surface area contributed by atoms with Crippen molar-refractivity contribution in [1.82, 2.24) is 14.6 Å². The Balaban J connectivity index is 1.40. The lowest BCUT2D eigenvalue weighted by molar-refractivity contribution is 0.307. The Bertz CT molecular complexity index is 1120. The van der Waals surface area contributed by atoms with Crippen molar-refractivity contribution in [3.05, 3.63) is 83.3 Å². The predicted molar refractivity (Wildman–Crippen MR) is 111 cm³/mol. The molecular formula is C23H20ClN3O. The normalized spacial score (nSPS) is 13.8. The Hall–Kier alpha value is -2.85. The zero-order chi connectivity index (χ0) is 18.9. The van der Waals surface area contributed by atoms with Crippen LogP contribution in [0.4, 0.5) is 0 Å². The summed E-state index contributed by atoms with van der Waals surface area (Å²) in [6.07, 6.45) is 5.48. The molecule has 4 nitrogen and oxygen atoms in total. The number of nitrogens with zero attached hydrogens (tertiary/aromatic N) is 3. The molecule has 2 aromatic heterocycles. The van der Waals surface area contributed by atoms with Gasteiger partial charge in [-0.25, -0.2) is 0 Å². The first-order chi connectivity index (χ1) is 13.8. The Kier molecular flexibility index (Phi) is 4.49. The number of hydrogen-bond donors (Lipinski definition) is 0. The van der Waals surface area contributed by atoms with Gasteiger partial charge in [0.2, 0.25) is 0 Å². The van der Waals surface area contributed by atoms with Gasteiger partial charge in [0.05, 0.1) is 0 Å². The molecule has 0 saturated heterocycles. The minimum absolute atomic E-state index is 0.435. The average Bonchev–Trinajstić information content (AvgIpc) is 3.47. The van der Waals surface area contributed by atoms with Crippen LogP contribution in [-0.2, 0) is 13.0 Å². The smallest absolute Gasteiger partial charge is 0.183 e. The molecule has 4 aromatic rings. The third kappa shape index (κ3) is 3.36. The molecule has 1 aliphatic rings. The van der Waals surface area contributed by atoms with Gasteiger partial charge >= 0.3 is 0 Å². The minimum Gasteiger partial charge on any atom is -0.487 e. The van der Waals surface area contributed by atoms with Gasteiger partial charge < -0.3 is 4.74 Å². The molecule has 1 saturated carbocycles. The molecule has 28 heavy (non-hydrogen) atoms. The first-order valence-corrected chi connectivity index (χ1v) is 9.95. The van der Waals surface area contributed by atoms with Crippen LogP contribution in [0.15, 0.2) is 66.9 Å². The van der Waals surface area contributed by atoms with E-state index in [0.29, 0.717) is 23.0 Å². The van der Waals surface area contributed by atoms with Crippen molar-refractivity contribution >= 4 is 17.2 Å². The molecule has 0 bridgehead atoms. The van der Waals surface area contributed by atoms with Gasteiger partial charge in [0.1, 0.15) is 23.2 Å². The molecule has 1 fully saturated rings. The van der Waals surface area contributed by atoms with E-state index in [2.05, 4.69) is 34.5 Å². The molecule has 2 aromatic carbocycles. The maximum Gasteiger partial charge on any atom is 0.183 e. The quantitative estimate of drug-likeness (QED) is 0.432. The van der Waals surface area contributed by atoms with E-state index in [9.17, 15) is 0 Å². The number of aromatic nitrogens is 3. The van der Waals surface area contributed by atoms with Gasteiger partial charge in [-0.1, -0.05) is 66.2 Å². The summed E-state index contributed by atoms with van der Waals surface area (Å²) in [5, 5.41) is 9.11. The molecule has 0 atom stereocenters. The standard InChI is InChI=1S/C23H20ClN3O/c24-22-20(12-13-27-21(14-16-10-11-16)25-26-23(22)27)28-15-18-8-4-5-9-19(18)17-6-2-1-3-7-17/h1-9,12-13,16H,10-11,14-15H2. The van der Waals surface area contributed by atoms with Gasteiger partial charge in [-0.05, 0) is 41.5 Å². The van der Waals surface area contributed by atoms with Crippen LogP contribution >= 0.6 is 11.6 Å². The first-order valence-electron chi connectivity index (χ1n) is 9.58. The van der Waals surface area contributed by atoms with E-state index in [1.54, 1.807) is 0 Å². The summed E-state index contributed by atoms with van der Waals surface area (Å²) in [4.78, 5) is 0. The van der Waals surface area contributed by atoms with E-state index in [1.165, 1.54) is 18.4 Å². The van der Waals surface area contributed by atoms with E-state index in [0.717, 1.165) is 29.3 Å². The van der Waals surface area contributed by atoms with E-state index in [-0.39, 0.29) is 0 Å². The maximum absolute atomic E-state index is 6.58. The Morgan fingerprint density at radius 1 is 0.964 bits per heavy atom. The van der Waals surface area contributed by atoms with Crippen molar-refractivity contribution in [2.24, 2.45) is 5.92 Å². The molecule has 5 heteroatoms. The third-order valence-electron chi connectivity index (χ3n) is 5.21. The zero-order valence-corrected chi connectivity index (χ0v) is 16.1. The molecule has 0 unspecified atom stereocenters. The van der Waals surface area contributed by atoms with E-state index in [4.69, 9.17) is 16.3 Å². The van der Waals surface area contributed by atoms with Crippen LogP contribution < -0.4 is 4.74 Å². The van der Waals surface area contributed by atoms with Gasteiger partial charge in [0, 0.05) is 12.6 Å². The number of halogens is 1. The molecule has 2 heterocycles. The fourth-order valence-corrected chi connectivity index (χ4v) is 3.73. The fraction of sp³-hybridized carbons (Fsp3) is 0.217. The van der Waals surface area contributed by atoms with E-state index < -0.39 is 0 Å². The second-order valence-corrected chi connectivity index (χ2v) is 7.64. The summed E-state index contributed by atoms with van der Waals surface area (Å²) in [6.45, 7) is 0.435. The third-order valence-corrected chi connectivity index (χ3v) is 5.56. The summed E-state index contributed by atoms with van der Waals surface area (Å²) in [5.41, 5.74) is 4.10. The number of pyridine rings is 1. The largest absolute Gasteiger partial charge is 0.487 e. The van der Waals surface area contributed by atoms with Crippen molar-refractivity contribution in [2.45, 2.75) is 25.9 Å². The highest BCUT2D eigenvalue weighted by Gasteiger charge is 2.24. The Labute approximate surface area is 168 Å².